The number of amides is 1. The third-order valence-electron chi connectivity index (χ3n) is 1.34. The van der Waals surface area contributed by atoms with Gasteiger partial charge in [-0.25, -0.2) is 10.6 Å². The van der Waals surface area contributed by atoms with E-state index in [1.54, 1.807) is 5.43 Å². The van der Waals surface area contributed by atoms with Crippen molar-refractivity contribution in [2.75, 3.05) is 0 Å². The first kappa shape index (κ1) is 10.5. The lowest BCUT2D eigenvalue weighted by molar-refractivity contribution is -0.148. The van der Waals surface area contributed by atoms with Crippen molar-refractivity contribution in [1.82, 2.24) is 5.43 Å². The first-order valence-electron chi connectivity index (χ1n) is 3.62. The van der Waals surface area contributed by atoms with E-state index in [0.29, 0.717) is 5.02 Å². The van der Waals surface area contributed by atoms with Gasteiger partial charge < -0.3 is 4.74 Å². The van der Waals surface area contributed by atoms with Gasteiger partial charge in [-0.2, -0.15) is 0 Å². The molecule has 6 heteroatoms. The lowest BCUT2D eigenvalue weighted by Gasteiger charge is -2.02. The third-order valence-corrected chi connectivity index (χ3v) is 1.59. The average molecular weight is 215 g/mol. The van der Waals surface area contributed by atoms with Gasteiger partial charge in [-0.1, -0.05) is 11.6 Å². The predicted molar refractivity (Wildman–Crippen MR) is 49.4 cm³/mol. The molecule has 0 aliphatic rings. The van der Waals surface area contributed by atoms with Crippen molar-refractivity contribution in [2.45, 2.75) is 0 Å². The second-order valence-corrected chi connectivity index (χ2v) is 2.75. The number of halogens is 1. The maximum Gasteiger partial charge on any atom is 0.403 e. The molecule has 1 amide bonds. The van der Waals surface area contributed by atoms with Crippen LogP contribution in [0.1, 0.15) is 0 Å². The average Bonchev–Trinajstić information content (AvgIpc) is 2.20. The van der Waals surface area contributed by atoms with Crippen molar-refractivity contribution in [2.24, 2.45) is 5.84 Å². The zero-order chi connectivity index (χ0) is 10.6. The summed E-state index contributed by atoms with van der Waals surface area (Å²) in [6, 6.07) is 5.99. The molecule has 74 valence electrons. The van der Waals surface area contributed by atoms with Crippen LogP contribution in [0, 0.1) is 0 Å². The highest BCUT2D eigenvalue weighted by atomic mass is 35.5. The molecule has 0 bridgehead atoms. The SMILES string of the molecule is NNC(=O)C(=O)Oc1ccc(Cl)cc1. The Labute approximate surface area is 84.8 Å². The quantitative estimate of drug-likeness (QED) is 0.175. The minimum absolute atomic E-state index is 0.225. The number of nitrogens with one attached hydrogen (secondary N) is 1. The summed E-state index contributed by atoms with van der Waals surface area (Å²) in [4.78, 5) is 21.5. The van der Waals surface area contributed by atoms with Crippen molar-refractivity contribution >= 4 is 23.5 Å². The summed E-state index contributed by atoms with van der Waals surface area (Å²) in [5, 5.41) is 0.507. The van der Waals surface area contributed by atoms with E-state index in [9.17, 15) is 9.59 Å². The van der Waals surface area contributed by atoms with Crippen LogP contribution in [0.3, 0.4) is 0 Å². The molecule has 0 saturated heterocycles. The Balaban J connectivity index is 2.65. The third kappa shape index (κ3) is 2.72. The van der Waals surface area contributed by atoms with Crippen LogP contribution in [0.15, 0.2) is 24.3 Å². The number of rotatable bonds is 1. The fourth-order valence-corrected chi connectivity index (χ4v) is 0.841. The van der Waals surface area contributed by atoms with Gasteiger partial charge in [0.15, 0.2) is 0 Å². The fourth-order valence-electron chi connectivity index (χ4n) is 0.715. The highest BCUT2D eigenvalue weighted by molar-refractivity contribution is 6.33. The smallest absolute Gasteiger partial charge is 0.403 e. The number of nitrogens with two attached hydrogens (primary N) is 1. The number of carbonyl (C=O) groups excluding carboxylic acids is 2. The summed E-state index contributed by atoms with van der Waals surface area (Å²) in [6.45, 7) is 0. The highest BCUT2D eigenvalue weighted by Gasteiger charge is 2.14. The Hall–Kier alpha value is -1.59. The summed E-state index contributed by atoms with van der Waals surface area (Å²) in [5.41, 5.74) is 1.66. The van der Waals surface area contributed by atoms with E-state index in [0.717, 1.165) is 0 Å². The summed E-state index contributed by atoms with van der Waals surface area (Å²) < 4.78 is 4.63. The lowest BCUT2D eigenvalue weighted by Crippen LogP contribution is -2.38. The Morgan fingerprint density at radius 2 is 1.86 bits per heavy atom. The monoisotopic (exact) mass is 214 g/mol. The molecule has 1 rings (SSSR count). The zero-order valence-corrected chi connectivity index (χ0v) is 7.75. The molecule has 14 heavy (non-hydrogen) atoms. The van der Waals surface area contributed by atoms with Gasteiger partial charge in [0.2, 0.25) is 0 Å². The Bertz CT molecular complexity index is 350. The molecule has 0 aromatic heterocycles. The molecule has 3 N–H and O–H groups in total. The molecule has 0 aliphatic carbocycles. The van der Waals surface area contributed by atoms with E-state index in [-0.39, 0.29) is 5.75 Å². The van der Waals surface area contributed by atoms with E-state index in [1.807, 2.05) is 0 Å². The topological polar surface area (TPSA) is 81.4 Å². The molecule has 0 aliphatic heterocycles. The van der Waals surface area contributed by atoms with Crippen LogP contribution < -0.4 is 16.0 Å². The standard InChI is InChI=1S/C8H7ClN2O3/c9-5-1-3-6(4-2-5)14-8(13)7(12)11-10/h1-4H,10H2,(H,11,12). The van der Waals surface area contributed by atoms with Crippen LogP contribution >= 0.6 is 11.6 Å². The summed E-state index contributed by atoms with van der Waals surface area (Å²) >= 11 is 5.60. The van der Waals surface area contributed by atoms with E-state index < -0.39 is 11.9 Å². The van der Waals surface area contributed by atoms with Gasteiger partial charge in [0, 0.05) is 5.02 Å². The number of ether oxygens (including phenoxy) is 1. The van der Waals surface area contributed by atoms with Gasteiger partial charge in [0.25, 0.3) is 0 Å². The molecular weight excluding hydrogens is 208 g/mol. The van der Waals surface area contributed by atoms with E-state index in [1.165, 1.54) is 24.3 Å². The minimum atomic E-state index is -1.07. The van der Waals surface area contributed by atoms with Crippen LogP contribution in [-0.4, -0.2) is 11.9 Å². The van der Waals surface area contributed by atoms with Gasteiger partial charge in [-0.05, 0) is 24.3 Å². The molecule has 0 saturated carbocycles. The van der Waals surface area contributed by atoms with E-state index in [2.05, 4.69) is 4.74 Å². The van der Waals surface area contributed by atoms with Crippen molar-refractivity contribution < 1.29 is 14.3 Å². The molecule has 1 aromatic carbocycles. The maximum atomic E-state index is 10.9. The highest BCUT2D eigenvalue weighted by Crippen LogP contribution is 2.15. The van der Waals surface area contributed by atoms with E-state index in [4.69, 9.17) is 17.4 Å². The fraction of sp³-hybridized carbons (Fsp3) is 0. The lowest BCUT2D eigenvalue weighted by atomic mass is 10.3. The normalized spacial score (nSPS) is 9.29. The van der Waals surface area contributed by atoms with Crippen LogP contribution in [0.4, 0.5) is 0 Å². The molecule has 5 nitrogen and oxygen atoms in total. The zero-order valence-electron chi connectivity index (χ0n) is 6.99. The van der Waals surface area contributed by atoms with Gasteiger partial charge in [0.05, 0.1) is 0 Å². The second-order valence-electron chi connectivity index (χ2n) is 2.32. The number of benzene rings is 1. The number of hydrazine groups is 1. The van der Waals surface area contributed by atoms with Crippen LogP contribution in [0.25, 0.3) is 0 Å². The number of hydrogen-bond donors (Lipinski definition) is 2. The second kappa shape index (κ2) is 4.59. The van der Waals surface area contributed by atoms with Crippen molar-refractivity contribution in [3.63, 3.8) is 0 Å². The van der Waals surface area contributed by atoms with Crippen LogP contribution in [0.2, 0.25) is 5.02 Å². The van der Waals surface area contributed by atoms with Crippen molar-refractivity contribution in [3.05, 3.63) is 29.3 Å². The minimum Gasteiger partial charge on any atom is -0.419 e. The van der Waals surface area contributed by atoms with Crippen LogP contribution in [-0.2, 0) is 9.59 Å². The molecule has 0 atom stereocenters. The Kier molecular flexibility index (Phi) is 3.44. The summed E-state index contributed by atoms with van der Waals surface area (Å²) in [6.07, 6.45) is 0. The molecule has 0 heterocycles. The summed E-state index contributed by atoms with van der Waals surface area (Å²) in [5.74, 6) is 2.87. The molecule has 0 radical (unpaired) electrons. The maximum absolute atomic E-state index is 10.9. The first-order chi connectivity index (χ1) is 6.63. The first-order valence-corrected chi connectivity index (χ1v) is 3.99. The Morgan fingerprint density at radius 3 is 2.36 bits per heavy atom. The van der Waals surface area contributed by atoms with Gasteiger partial charge in [0.1, 0.15) is 5.75 Å². The molecule has 0 fully saturated rings. The predicted octanol–water partition coefficient (Wildman–Crippen LogP) is 0.235. The molecule has 0 unspecified atom stereocenters. The number of esters is 1. The largest absolute Gasteiger partial charge is 0.419 e. The van der Waals surface area contributed by atoms with Gasteiger partial charge in [-0.3, -0.25) is 10.2 Å². The van der Waals surface area contributed by atoms with E-state index >= 15 is 0 Å². The van der Waals surface area contributed by atoms with Gasteiger partial charge in [-0.15, -0.1) is 0 Å². The van der Waals surface area contributed by atoms with Crippen LogP contribution in [0.5, 0.6) is 5.75 Å². The number of carbonyl (C=O) groups is 2. The summed E-state index contributed by atoms with van der Waals surface area (Å²) in [7, 11) is 0. The van der Waals surface area contributed by atoms with Crippen molar-refractivity contribution in [1.29, 1.82) is 0 Å². The van der Waals surface area contributed by atoms with Crippen molar-refractivity contribution in [3.8, 4) is 5.75 Å². The molecule has 1 aromatic rings. The van der Waals surface area contributed by atoms with Gasteiger partial charge >= 0.3 is 11.9 Å². The Morgan fingerprint density at radius 1 is 1.29 bits per heavy atom. The number of hydrogen-bond acceptors (Lipinski definition) is 4. The molecular formula is C8H7ClN2O3. The molecule has 0 spiro atoms.